The Morgan fingerprint density at radius 1 is 0.796 bits per heavy atom. The summed E-state index contributed by atoms with van der Waals surface area (Å²) in [6.45, 7) is 3.89. The number of sulfonamides is 1. The summed E-state index contributed by atoms with van der Waals surface area (Å²) < 4.78 is 70.4. The van der Waals surface area contributed by atoms with E-state index < -0.39 is 57.4 Å². The first-order valence-electron chi connectivity index (χ1n) is 14.9. The molecule has 4 rings (SSSR count). The molecule has 0 bridgehead atoms. The average molecular weight is 755 g/mol. The maximum absolute atomic E-state index is 14.6. The highest BCUT2D eigenvalue weighted by Crippen LogP contribution is 2.38. The number of anilines is 1. The zero-order valence-corrected chi connectivity index (χ0v) is 29.7. The second-order valence-corrected chi connectivity index (χ2v) is 15.2. The molecule has 260 valence electrons. The quantitative estimate of drug-likeness (QED) is 0.167. The Bertz CT molecular complexity index is 1890. The minimum Gasteiger partial charge on any atom is -0.350 e. The van der Waals surface area contributed by atoms with E-state index in [0.717, 1.165) is 11.0 Å². The van der Waals surface area contributed by atoms with Gasteiger partial charge in [-0.25, -0.2) is 8.42 Å². The SMILES string of the molecule is CC(C)(C)NC(=O)C(Cc1ccccc1)N(Cc1c(Cl)cccc1Cl)C(=O)CN(c1cc(C(F)(F)F)ccc1Cl)S(=O)(=O)c1ccccc1. The van der Waals surface area contributed by atoms with Gasteiger partial charge in [0.05, 0.1) is 21.2 Å². The van der Waals surface area contributed by atoms with Crippen molar-refractivity contribution in [3.8, 4) is 0 Å². The van der Waals surface area contributed by atoms with E-state index in [0.29, 0.717) is 22.0 Å². The van der Waals surface area contributed by atoms with Gasteiger partial charge in [0.25, 0.3) is 10.0 Å². The summed E-state index contributed by atoms with van der Waals surface area (Å²) in [5, 5.41) is 2.88. The van der Waals surface area contributed by atoms with E-state index >= 15 is 0 Å². The van der Waals surface area contributed by atoms with Crippen LogP contribution in [0.3, 0.4) is 0 Å². The summed E-state index contributed by atoms with van der Waals surface area (Å²) >= 11 is 19.4. The highest BCUT2D eigenvalue weighted by Gasteiger charge is 2.38. The van der Waals surface area contributed by atoms with Crippen molar-refractivity contribution >= 4 is 62.3 Å². The van der Waals surface area contributed by atoms with Crippen molar-refractivity contribution < 1.29 is 31.2 Å². The Morgan fingerprint density at radius 2 is 1.37 bits per heavy atom. The van der Waals surface area contributed by atoms with Crippen molar-refractivity contribution in [3.63, 3.8) is 0 Å². The van der Waals surface area contributed by atoms with Gasteiger partial charge in [0.2, 0.25) is 11.8 Å². The molecule has 0 saturated heterocycles. The van der Waals surface area contributed by atoms with Crippen LogP contribution in [-0.2, 0) is 38.8 Å². The molecule has 0 aliphatic rings. The molecule has 14 heteroatoms. The first-order chi connectivity index (χ1) is 22.9. The normalized spacial score (nSPS) is 12.7. The molecule has 1 unspecified atom stereocenters. The van der Waals surface area contributed by atoms with Crippen molar-refractivity contribution in [3.05, 3.63) is 129 Å². The summed E-state index contributed by atoms with van der Waals surface area (Å²) in [7, 11) is -4.71. The fourth-order valence-corrected chi connectivity index (χ4v) is 7.21. The van der Waals surface area contributed by atoms with Gasteiger partial charge in [-0.05, 0) is 68.8 Å². The fourth-order valence-electron chi connectivity index (χ4n) is 4.97. The fraction of sp³-hybridized carbons (Fsp3) is 0.257. The molecule has 0 fully saturated rings. The smallest absolute Gasteiger partial charge is 0.350 e. The van der Waals surface area contributed by atoms with Crippen LogP contribution in [0.15, 0.2) is 102 Å². The van der Waals surface area contributed by atoms with Crippen LogP contribution in [0, 0.1) is 0 Å². The third kappa shape index (κ3) is 9.69. The number of nitrogens with zero attached hydrogens (tertiary/aromatic N) is 2. The summed E-state index contributed by atoms with van der Waals surface area (Å²) in [6.07, 6.45) is -4.86. The van der Waals surface area contributed by atoms with Crippen molar-refractivity contribution in [2.75, 3.05) is 10.8 Å². The third-order valence-corrected chi connectivity index (χ3v) is 10.1. The zero-order chi connectivity index (χ0) is 36.1. The van der Waals surface area contributed by atoms with E-state index in [1.807, 2.05) is 0 Å². The van der Waals surface area contributed by atoms with Crippen LogP contribution >= 0.6 is 34.8 Å². The standard InChI is InChI=1S/C35H33Cl3F3N3O4S/c1-34(2,3)42-33(46)31(19-23-11-6-4-7-12-23)43(21-26-27(36)15-10-16-28(26)37)32(45)22-44(49(47,48)25-13-8-5-9-14-25)30-20-24(35(39,40)41)17-18-29(30)38/h4-18,20,31H,19,21-22H2,1-3H3,(H,42,46). The van der Waals surface area contributed by atoms with Gasteiger partial charge in [-0.1, -0.05) is 89.4 Å². The molecule has 49 heavy (non-hydrogen) atoms. The lowest BCUT2D eigenvalue weighted by Gasteiger charge is -2.35. The molecule has 0 aromatic heterocycles. The Kier molecular flexibility index (Phi) is 12.0. The molecule has 0 aliphatic heterocycles. The van der Waals surface area contributed by atoms with Crippen LogP contribution < -0.4 is 9.62 Å². The third-order valence-electron chi connectivity index (χ3n) is 7.31. The van der Waals surface area contributed by atoms with Crippen molar-refractivity contribution in [1.82, 2.24) is 10.2 Å². The largest absolute Gasteiger partial charge is 0.416 e. The van der Waals surface area contributed by atoms with E-state index in [-0.39, 0.29) is 38.5 Å². The van der Waals surface area contributed by atoms with Crippen LogP contribution in [0.2, 0.25) is 15.1 Å². The molecule has 7 nitrogen and oxygen atoms in total. The number of hydrogen-bond acceptors (Lipinski definition) is 4. The Labute approximate surface area is 298 Å². The first kappa shape index (κ1) is 38.0. The van der Waals surface area contributed by atoms with Crippen LogP contribution in [0.1, 0.15) is 37.5 Å². The summed E-state index contributed by atoms with van der Waals surface area (Å²) in [6, 6.07) is 21.3. The number of benzene rings is 4. The van der Waals surface area contributed by atoms with E-state index in [2.05, 4.69) is 5.32 Å². The van der Waals surface area contributed by atoms with Crippen molar-refractivity contribution in [2.45, 2.75) is 56.4 Å². The minimum absolute atomic E-state index is 0.00762. The molecule has 0 aliphatic carbocycles. The Balaban J connectivity index is 1.92. The molecule has 0 spiro atoms. The lowest BCUT2D eigenvalue weighted by molar-refractivity contribution is -0.140. The molecule has 0 radical (unpaired) electrons. The average Bonchev–Trinajstić information content (AvgIpc) is 3.02. The van der Waals surface area contributed by atoms with Gasteiger partial charge in [-0.15, -0.1) is 0 Å². The van der Waals surface area contributed by atoms with Crippen molar-refractivity contribution in [2.24, 2.45) is 0 Å². The van der Waals surface area contributed by atoms with Crippen LogP contribution in [0.25, 0.3) is 0 Å². The predicted octanol–water partition coefficient (Wildman–Crippen LogP) is 8.42. The second-order valence-electron chi connectivity index (χ2n) is 12.2. The minimum atomic E-state index is -4.86. The van der Waals surface area contributed by atoms with Gasteiger partial charge in [-0.3, -0.25) is 13.9 Å². The van der Waals surface area contributed by atoms with Crippen LogP contribution in [0.5, 0.6) is 0 Å². The van der Waals surface area contributed by atoms with Crippen molar-refractivity contribution in [1.29, 1.82) is 0 Å². The second kappa shape index (κ2) is 15.4. The maximum atomic E-state index is 14.6. The van der Waals surface area contributed by atoms with E-state index in [1.165, 1.54) is 24.3 Å². The molecule has 4 aromatic carbocycles. The molecular weight excluding hydrogens is 722 g/mol. The zero-order valence-electron chi connectivity index (χ0n) is 26.6. The topological polar surface area (TPSA) is 86.8 Å². The number of rotatable bonds is 11. The predicted molar refractivity (Wildman–Crippen MR) is 186 cm³/mol. The number of amides is 2. The number of carbonyl (C=O) groups excluding carboxylic acids is 2. The molecular formula is C35H33Cl3F3N3O4S. The number of hydrogen-bond donors (Lipinski definition) is 1. The molecule has 4 aromatic rings. The van der Waals surface area contributed by atoms with E-state index in [9.17, 15) is 31.2 Å². The Morgan fingerprint density at radius 3 is 1.92 bits per heavy atom. The monoisotopic (exact) mass is 753 g/mol. The van der Waals surface area contributed by atoms with Gasteiger partial charge in [0.1, 0.15) is 12.6 Å². The molecule has 1 atom stereocenters. The number of halogens is 6. The van der Waals surface area contributed by atoms with Gasteiger partial charge in [0.15, 0.2) is 0 Å². The molecule has 2 amide bonds. The number of alkyl halides is 3. The maximum Gasteiger partial charge on any atom is 0.416 e. The molecule has 1 N–H and O–H groups in total. The van der Waals surface area contributed by atoms with Crippen LogP contribution in [-0.4, -0.2) is 43.3 Å². The molecule has 0 heterocycles. The van der Waals surface area contributed by atoms with Gasteiger partial charge in [0, 0.05) is 34.1 Å². The lowest BCUT2D eigenvalue weighted by Crippen LogP contribution is -2.56. The van der Waals surface area contributed by atoms with Gasteiger partial charge in [-0.2, -0.15) is 13.2 Å². The van der Waals surface area contributed by atoms with Gasteiger partial charge < -0.3 is 10.2 Å². The summed E-state index contributed by atoms with van der Waals surface area (Å²) in [5.74, 6) is -1.50. The van der Waals surface area contributed by atoms with E-state index in [4.69, 9.17) is 34.8 Å². The highest BCUT2D eigenvalue weighted by atomic mass is 35.5. The summed E-state index contributed by atoms with van der Waals surface area (Å²) in [4.78, 5) is 29.5. The molecule has 0 saturated carbocycles. The number of carbonyl (C=O) groups is 2. The highest BCUT2D eigenvalue weighted by molar-refractivity contribution is 7.92. The lowest BCUT2D eigenvalue weighted by atomic mass is 10.0. The number of nitrogens with one attached hydrogen (secondary N) is 1. The Hall–Kier alpha value is -3.77. The van der Waals surface area contributed by atoms with E-state index in [1.54, 1.807) is 75.4 Å². The first-order valence-corrected chi connectivity index (χ1v) is 17.5. The summed E-state index contributed by atoms with van der Waals surface area (Å²) in [5.41, 5.74) is -1.55. The van der Waals surface area contributed by atoms with Gasteiger partial charge >= 0.3 is 6.18 Å². The van der Waals surface area contributed by atoms with Crippen LogP contribution in [0.4, 0.5) is 18.9 Å².